The molecule has 6 nitrogen and oxygen atoms in total. The lowest BCUT2D eigenvalue weighted by atomic mass is 10.0. The van der Waals surface area contributed by atoms with E-state index in [0.29, 0.717) is 5.92 Å². The molecule has 0 saturated carbocycles. The van der Waals surface area contributed by atoms with Crippen LogP contribution in [0.4, 0.5) is 5.69 Å². The van der Waals surface area contributed by atoms with Crippen LogP contribution in [0, 0.1) is 0 Å². The lowest BCUT2D eigenvalue weighted by Gasteiger charge is -2.23. The van der Waals surface area contributed by atoms with Crippen molar-refractivity contribution in [3.05, 3.63) is 48.3 Å². The monoisotopic (exact) mass is 482 g/mol. The van der Waals surface area contributed by atoms with E-state index < -0.39 is 0 Å². The lowest BCUT2D eigenvalue weighted by molar-refractivity contribution is 0.485. The zero-order chi connectivity index (χ0) is 18.4. The number of likely N-dealkylation sites (tertiary alicyclic amines) is 1. The first kappa shape index (κ1) is 21.5. The third-order valence-corrected chi connectivity index (χ3v) is 5.05. The van der Waals surface area contributed by atoms with Gasteiger partial charge >= 0.3 is 0 Å². The van der Waals surface area contributed by atoms with Crippen LogP contribution < -0.4 is 10.2 Å². The van der Waals surface area contributed by atoms with E-state index in [4.69, 9.17) is 0 Å². The van der Waals surface area contributed by atoms with E-state index in [2.05, 4.69) is 68.8 Å². The van der Waals surface area contributed by atoms with Crippen LogP contribution in [0.15, 0.2) is 47.7 Å². The van der Waals surface area contributed by atoms with Gasteiger partial charge in [0.25, 0.3) is 0 Å². The second-order valence-electron chi connectivity index (χ2n) is 6.96. The Bertz CT molecular complexity index is 714. The number of benzene rings is 1. The van der Waals surface area contributed by atoms with E-state index in [1.54, 1.807) is 0 Å². The van der Waals surface area contributed by atoms with E-state index >= 15 is 0 Å². The molecule has 1 atom stereocenters. The van der Waals surface area contributed by atoms with Gasteiger partial charge in [-0.2, -0.15) is 5.10 Å². The van der Waals surface area contributed by atoms with Crippen LogP contribution in [-0.4, -0.2) is 60.9 Å². The summed E-state index contributed by atoms with van der Waals surface area (Å²) in [4.78, 5) is 9.13. The maximum atomic E-state index is 4.48. The van der Waals surface area contributed by atoms with Gasteiger partial charge in [-0.25, -0.2) is 0 Å². The van der Waals surface area contributed by atoms with Gasteiger partial charge in [0.15, 0.2) is 5.96 Å². The summed E-state index contributed by atoms with van der Waals surface area (Å²) in [5.74, 6) is 1.56. The summed E-state index contributed by atoms with van der Waals surface area (Å²) in [7, 11) is 5.99. The highest BCUT2D eigenvalue weighted by Gasteiger charge is 2.26. The van der Waals surface area contributed by atoms with Crippen molar-refractivity contribution in [1.82, 2.24) is 20.0 Å². The van der Waals surface area contributed by atoms with Crippen LogP contribution in [-0.2, 0) is 7.05 Å². The first-order chi connectivity index (χ1) is 12.7. The molecular formula is C20H31IN6. The molecule has 0 amide bonds. The highest BCUT2D eigenvalue weighted by atomic mass is 127. The number of guanidine groups is 1. The number of aromatic nitrogens is 2. The van der Waals surface area contributed by atoms with E-state index in [0.717, 1.165) is 45.0 Å². The number of nitrogens with one attached hydrogen (secondary N) is 1. The summed E-state index contributed by atoms with van der Waals surface area (Å²) in [5, 5.41) is 7.82. The number of rotatable bonds is 6. The van der Waals surface area contributed by atoms with Gasteiger partial charge in [0, 0.05) is 65.1 Å². The van der Waals surface area contributed by atoms with Gasteiger partial charge in [-0.1, -0.05) is 18.2 Å². The molecule has 0 aliphatic carbocycles. The second-order valence-corrected chi connectivity index (χ2v) is 6.96. The number of aryl methyl sites for hydroxylation is 1. The topological polar surface area (TPSA) is 48.7 Å². The quantitative estimate of drug-likeness (QED) is 0.298. The summed E-state index contributed by atoms with van der Waals surface area (Å²) in [6.45, 7) is 4.00. The van der Waals surface area contributed by atoms with Crippen LogP contribution in [0.2, 0.25) is 0 Å². The minimum atomic E-state index is 0. The average Bonchev–Trinajstić information content (AvgIpc) is 3.31. The smallest absolute Gasteiger partial charge is 0.193 e. The molecule has 2 heterocycles. The molecule has 0 bridgehead atoms. The minimum absolute atomic E-state index is 0. The van der Waals surface area contributed by atoms with Gasteiger partial charge in [0.2, 0.25) is 0 Å². The first-order valence-corrected chi connectivity index (χ1v) is 9.37. The molecule has 7 heteroatoms. The number of hydrogen-bond acceptors (Lipinski definition) is 3. The molecule has 0 radical (unpaired) electrons. The number of para-hydroxylation sites is 1. The van der Waals surface area contributed by atoms with Crippen LogP contribution in [0.1, 0.15) is 24.3 Å². The number of aliphatic imine (C=N–C) groups is 1. The van der Waals surface area contributed by atoms with Crippen molar-refractivity contribution >= 4 is 35.6 Å². The summed E-state index contributed by atoms with van der Waals surface area (Å²) < 4.78 is 1.88. The Morgan fingerprint density at radius 2 is 2.11 bits per heavy atom. The predicted molar refractivity (Wildman–Crippen MR) is 123 cm³/mol. The third kappa shape index (κ3) is 5.85. The molecule has 2 aromatic rings. The van der Waals surface area contributed by atoms with Crippen molar-refractivity contribution in [2.75, 3.05) is 45.2 Å². The summed E-state index contributed by atoms with van der Waals surface area (Å²) in [5.41, 5.74) is 2.59. The van der Waals surface area contributed by atoms with Gasteiger partial charge in [-0.05, 0) is 30.5 Å². The van der Waals surface area contributed by atoms with Gasteiger partial charge in [0.1, 0.15) is 0 Å². The number of nitrogens with zero attached hydrogens (tertiary/aromatic N) is 5. The van der Waals surface area contributed by atoms with Crippen molar-refractivity contribution in [1.29, 1.82) is 0 Å². The van der Waals surface area contributed by atoms with Crippen molar-refractivity contribution in [3.63, 3.8) is 0 Å². The third-order valence-electron chi connectivity index (χ3n) is 5.05. The van der Waals surface area contributed by atoms with Gasteiger partial charge < -0.3 is 15.1 Å². The fourth-order valence-corrected chi connectivity index (χ4v) is 3.54. The summed E-state index contributed by atoms with van der Waals surface area (Å²) >= 11 is 0. The van der Waals surface area contributed by atoms with Crippen molar-refractivity contribution in [2.24, 2.45) is 12.0 Å². The Morgan fingerprint density at radius 3 is 2.78 bits per heavy atom. The minimum Gasteiger partial charge on any atom is -0.375 e. The molecule has 1 aliphatic heterocycles. The average molecular weight is 482 g/mol. The molecule has 3 rings (SSSR count). The van der Waals surface area contributed by atoms with Crippen LogP contribution in [0.5, 0.6) is 0 Å². The number of anilines is 1. The zero-order valence-electron chi connectivity index (χ0n) is 16.5. The molecule has 0 spiro atoms. The van der Waals surface area contributed by atoms with Crippen molar-refractivity contribution in [3.8, 4) is 0 Å². The van der Waals surface area contributed by atoms with E-state index in [-0.39, 0.29) is 24.0 Å². The normalized spacial score (nSPS) is 16.9. The van der Waals surface area contributed by atoms with Crippen molar-refractivity contribution < 1.29 is 0 Å². The first-order valence-electron chi connectivity index (χ1n) is 9.37. The Balaban J connectivity index is 0.00000261. The maximum Gasteiger partial charge on any atom is 0.193 e. The van der Waals surface area contributed by atoms with Crippen molar-refractivity contribution in [2.45, 2.75) is 18.8 Å². The van der Waals surface area contributed by atoms with Gasteiger partial charge in [-0.15, -0.1) is 24.0 Å². The summed E-state index contributed by atoms with van der Waals surface area (Å²) in [6.07, 6.45) is 6.35. The molecule has 1 unspecified atom stereocenters. The summed E-state index contributed by atoms with van der Waals surface area (Å²) in [6, 6.07) is 10.5. The molecule has 148 valence electrons. The lowest BCUT2D eigenvalue weighted by Crippen LogP contribution is -2.40. The Hall–Kier alpha value is -1.77. The van der Waals surface area contributed by atoms with E-state index in [1.165, 1.54) is 11.3 Å². The molecule has 1 aliphatic rings. The molecule has 1 aromatic carbocycles. The molecular weight excluding hydrogens is 451 g/mol. The highest BCUT2D eigenvalue weighted by molar-refractivity contribution is 14.0. The molecule has 1 aromatic heterocycles. The molecule has 27 heavy (non-hydrogen) atoms. The number of hydrogen-bond donors (Lipinski definition) is 1. The fraction of sp³-hybridized carbons (Fsp3) is 0.500. The molecule has 1 N–H and O–H groups in total. The van der Waals surface area contributed by atoms with E-state index in [9.17, 15) is 0 Å². The Morgan fingerprint density at radius 1 is 1.33 bits per heavy atom. The van der Waals surface area contributed by atoms with E-state index in [1.807, 2.05) is 25.0 Å². The maximum absolute atomic E-state index is 4.48. The predicted octanol–water partition coefficient (Wildman–Crippen LogP) is 2.93. The largest absolute Gasteiger partial charge is 0.375 e. The van der Waals surface area contributed by atoms with Gasteiger partial charge in [0.05, 0.1) is 6.20 Å². The molecule has 1 saturated heterocycles. The Kier molecular flexibility index (Phi) is 8.40. The molecule has 1 fully saturated rings. The zero-order valence-corrected chi connectivity index (χ0v) is 18.8. The second kappa shape index (κ2) is 10.5. The van der Waals surface area contributed by atoms with Crippen LogP contribution in [0.25, 0.3) is 0 Å². The standard InChI is InChI=1S/C20H30N6.HI/c1-21-20(22-11-7-12-24(2)19-8-5-4-6-9-19)26-13-10-17(16-26)18-14-23-25(3)15-18;/h4-6,8-9,14-15,17H,7,10-13,16H2,1-3H3,(H,21,22);1H. The van der Waals surface area contributed by atoms with Crippen LogP contribution in [0.3, 0.4) is 0 Å². The fourth-order valence-electron chi connectivity index (χ4n) is 3.54. The Labute approximate surface area is 179 Å². The van der Waals surface area contributed by atoms with Crippen LogP contribution >= 0.6 is 24.0 Å². The van der Waals surface area contributed by atoms with Gasteiger partial charge in [-0.3, -0.25) is 9.67 Å². The SMILES string of the molecule is CN=C(NCCCN(C)c1ccccc1)N1CCC(c2cnn(C)c2)C1.I. The number of halogens is 1. The highest BCUT2D eigenvalue weighted by Crippen LogP contribution is 2.26.